The number of ether oxygens (including phenoxy) is 1. The van der Waals surface area contributed by atoms with Crippen molar-refractivity contribution in [3.05, 3.63) is 137 Å². The van der Waals surface area contributed by atoms with Crippen molar-refractivity contribution >= 4 is 63.7 Å². The van der Waals surface area contributed by atoms with Crippen LogP contribution in [0.2, 0.25) is 5.02 Å². The van der Waals surface area contributed by atoms with Gasteiger partial charge < -0.3 is 15.4 Å². The van der Waals surface area contributed by atoms with Gasteiger partial charge in [-0.3, -0.25) is 14.4 Å². The summed E-state index contributed by atoms with van der Waals surface area (Å²) in [6.45, 7) is 0. The predicted octanol–water partition coefficient (Wildman–Crippen LogP) is 6.05. The summed E-state index contributed by atoms with van der Waals surface area (Å²) in [5, 5.41) is 11.2. The number of carbonyl (C=O) groups excluding carboxylic acids is 4. The summed E-state index contributed by atoms with van der Waals surface area (Å²) in [5.74, 6) is -2.69. The second kappa shape index (κ2) is 13.2. The number of fused-ring (bicyclic) bond motifs is 1. The number of amides is 3. The number of nitrogens with zero attached hydrogens (tertiary/aromatic N) is 1. The van der Waals surface area contributed by atoms with Crippen LogP contribution < -0.4 is 20.8 Å². The van der Waals surface area contributed by atoms with Gasteiger partial charge in [-0.2, -0.15) is 5.10 Å². The normalized spacial score (nSPS) is 10.7. The largest absolute Gasteiger partial charge is 0.423 e. The van der Waals surface area contributed by atoms with Crippen molar-refractivity contribution in [3.63, 3.8) is 0 Å². The molecule has 3 N–H and O–H groups in total. The average Bonchev–Trinajstić information content (AvgIpc) is 3.02. The van der Waals surface area contributed by atoms with Gasteiger partial charge in [0.2, 0.25) is 0 Å². The fourth-order valence-electron chi connectivity index (χ4n) is 4.10. The van der Waals surface area contributed by atoms with Crippen LogP contribution in [-0.4, -0.2) is 29.9 Å². The van der Waals surface area contributed by atoms with Crippen LogP contribution in [0.25, 0.3) is 10.8 Å². The number of rotatable bonds is 7. The minimum Gasteiger partial charge on any atom is -0.423 e. The van der Waals surface area contributed by atoms with Gasteiger partial charge in [0.15, 0.2) is 0 Å². The lowest BCUT2D eigenvalue weighted by molar-refractivity contribution is -0.136. The quantitative estimate of drug-likeness (QED) is 0.0699. The lowest BCUT2D eigenvalue weighted by Crippen LogP contribution is -2.33. The second-order valence-electron chi connectivity index (χ2n) is 9.15. The van der Waals surface area contributed by atoms with Gasteiger partial charge in [0.25, 0.3) is 5.91 Å². The van der Waals surface area contributed by atoms with E-state index in [0.29, 0.717) is 27.6 Å². The zero-order valence-corrected chi connectivity index (χ0v) is 23.2. The Kier molecular flexibility index (Phi) is 8.84. The molecule has 0 unspecified atom stereocenters. The minimum absolute atomic E-state index is 0.145. The van der Waals surface area contributed by atoms with Gasteiger partial charge in [-0.1, -0.05) is 60.1 Å². The topological polar surface area (TPSA) is 126 Å². The van der Waals surface area contributed by atoms with E-state index in [4.69, 9.17) is 16.3 Å². The molecule has 0 aliphatic heterocycles. The Morgan fingerprint density at radius 3 is 2.14 bits per heavy atom. The maximum atomic E-state index is 12.8. The number of hydrazone groups is 1. The molecule has 0 aliphatic rings. The van der Waals surface area contributed by atoms with Gasteiger partial charge >= 0.3 is 17.8 Å². The van der Waals surface area contributed by atoms with Crippen molar-refractivity contribution in [3.8, 4) is 5.75 Å². The zero-order chi connectivity index (χ0) is 30.2. The molecule has 0 heterocycles. The molecule has 0 saturated carbocycles. The third-order valence-electron chi connectivity index (χ3n) is 6.21. The fraction of sp³-hybridized carbons (Fsp3) is 0. The molecular formula is C33H23ClN4O5. The van der Waals surface area contributed by atoms with Gasteiger partial charge in [0, 0.05) is 10.7 Å². The number of para-hydroxylation sites is 1. The molecule has 0 fully saturated rings. The number of carbonyl (C=O) groups is 4. The molecule has 10 heteroatoms. The predicted molar refractivity (Wildman–Crippen MR) is 166 cm³/mol. The van der Waals surface area contributed by atoms with Crippen LogP contribution in [0, 0.1) is 0 Å². The number of halogens is 1. The highest BCUT2D eigenvalue weighted by molar-refractivity contribution is 6.40. The van der Waals surface area contributed by atoms with E-state index >= 15 is 0 Å². The zero-order valence-electron chi connectivity index (χ0n) is 22.4. The number of esters is 1. The molecule has 5 aromatic carbocycles. The number of benzene rings is 5. The first-order valence-electron chi connectivity index (χ1n) is 13.0. The second-order valence-corrected chi connectivity index (χ2v) is 9.58. The van der Waals surface area contributed by atoms with Crippen LogP contribution >= 0.6 is 11.6 Å². The van der Waals surface area contributed by atoms with E-state index in [1.54, 1.807) is 72.8 Å². The van der Waals surface area contributed by atoms with Gasteiger partial charge in [0.05, 0.1) is 23.0 Å². The molecule has 212 valence electrons. The Bertz CT molecular complexity index is 1850. The summed E-state index contributed by atoms with van der Waals surface area (Å²) < 4.78 is 5.52. The van der Waals surface area contributed by atoms with Crippen molar-refractivity contribution in [1.29, 1.82) is 0 Å². The highest BCUT2D eigenvalue weighted by atomic mass is 35.5. The fourth-order valence-corrected chi connectivity index (χ4v) is 4.23. The molecule has 0 aliphatic carbocycles. The third-order valence-corrected chi connectivity index (χ3v) is 6.46. The van der Waals surface area contributed by atoms with E-state index < -0.39 is 23.7 Å². The number of hydrogen-bond acceptors (Lipinski definition) is 6. The van der Waals surface area contributed by atoms with Gasteiger partial charge in [-0.25, -0.2) is 10.2 Å². The summed E-state index contributed by atoms with van der Waals surface area (Å²) in [6.07, 6.45) is 1.33. The smallest absolute Gasteiger partial charge is 0.344 e. The molecule has 0 atom stereocenters. The number of anilines is 2. The highest BCUT2D eigenvalue weighted by Crippen LogP contribution is 2.22. The number of nitrogens with one attached hydrogen (secondary N) is 3. The molecule has 3 amide bonds. The Labute approximate surface area is 251 Å². The van der Waals surface area contributed by atoms with E-state index in [2.05, 4.69) is 21.2 Å². The Morgan fingerprint density at radius 2 is 1.35 bits per heavy atom. The van der Waals surface area contributed by atoms with Crippen LogP contribution in [-0.2, 0) is 9.59 Å². The van der Waals surface area contributed by atoms with E-state index in [1.165, 1.54) is 18.3 Å². The third kappa shape index (κ3) is 7.29. The first-order valence-corrected chi connectivity index (χ1v) is 13.4. The summed E-state index contributed by atoms with van der Waals surface area (Å²) >= 11 is 5.88. The molecule has 0 bridgehead atoms. The summed E-state index contributed by atoms with van der Waals surface area (Å²) in [6, 6.07) is 32.2. The lowest BCUT2D eigenvalue weighted by atomic mass is 10.0. The van der Waals surface area contributed by atoms with Gasteiger partial charge in [-0.15, -0.1) is 0 Å². The summed E-state index contributed by atoms with van der Waals surface area (Å²) in [4.78, 5) is 50.3. The minimum atomic E-state index is -1.04. The van der Waals surface area contributed by atoms with Gasteiger partial charge in [-0.05, 0) is 83.1 Å². The molecule has 0 saturated heterocycles. The van der Waals surface area contributed by atoms with Crippen LogP contribution in [0.4, 0.5) is 11.4 Å². The molecule has 0 aromatic heterocycles. The lowest BCUT2D eigenvalue weighted by Gasteiger charge is -2.11. The monoisotopic (exact) mass is 590 g/mol. The summed E-state index contributed by atoms with van der Waals surface area (Å²) in [7, 11) is 0. The first kappa shape index (κ1) is 28.7. The molecule has 5 aromatic rings. The van der Waals surface area contributed by atoms with Crippen LogP contribution in [0.1, 0.15) is 26.3 Å². The van der Waals surface area contributed by atoms with Crippen molar-refractivity contribution in [2.24, 2.45) is 5.10 Å². The molecule has 43 heavy (non-hydrogen) atoms. The SMILES string of the molecule is O=C(N/N=C\c1ccc(OC(=O)c2cccc3ccccc23)cc1)C(=O)Nc1ccccc1C(=O)Nc1ccc(Cl)cc1. The molecule has 0 spiro atoms. The van der Waals surface area contributed by atoms with Crippen molar-refractivity contribution in [1.82, 2.24) is 5.43 Å². The maximum Gasteiger partial charge on any atom is 0.344 e. The highest BCUT2D eigenvalue weighted by Gasteiger charge is 2.18. The molecule has 5 rings (SSSR count). The van der Waals surface area contributed by atoms with Crippen molar-refractivity contribution in [2.75, 3.05) is 10.6 Å². The summed E-state index contributed by atoms with van der Waals surface area (Å²) in [5.41, 5.74) is 4.00. The van der Waals surface area contributed by atoms with Crippen LogP contribution in [0.3, 0.4) is 0 Å². The molecule has 0 radical (unpaired) electrons. The Hall–Kier alpha value is -5.80. The van der Waals surface area contributed by atoms with Gasteiger partial charge in [0.1, 0.15) is 5.75 Å². The standard InChI is InChI=1S/C33H23ClN4O5/c34-23-14-16-24(17-15-23)36-30(39)28-9-3-4-11-29(28)37-31(40)32(41)38-35-20-21-12-18-25(19-13-21)43-33(42)27-10-5-7-22-6-1-2-8-26(22)27/h1-20H,(H,36,39)(H,37,40)(H,38,41)/b35-20-. The molecular weight excluding hydrogens is 568 g/mol. The van der Waals surface area contributed by atoms with Crippen LogP contribution in [0.15, 0.2) is 120 Å². The van der Waals surface area contributed by atoms with E-state index in [1.807, 2.05) is 30.3 Å². The van der Waals surface area contributed by atoms with E-state index in [0.717, 1.165) is 10.8 Å². The number of hydrogen-bond donors (Lipinski definition) is 3. The van der Waals surface area contributed by atoms with Crippen molar-refractivity contribution < 1.29 is 23.9 Å². The van der Waals surface area contributed by atoms with Crippen LogP contribution in [0.5, 0.6) is 5.75 Å². The van der Waals surface area contributed by atoms with E-state index in [-0.39, 0.29) is 11.3 Å². The Balaban J connectivity index is 1.15. The Morgan fingerprint density at radius 1 is 0.674 bits per heavy atom. The first-order chi connectivity index (χ1) is 20.9. The molecule has 9 nitrogen and oxygen atoms in total. The average molecular weight is 591 g/mol. The van der Waals surface area contributed by atoms with Crippen molar-refractivity contribution in [2.45, 2.75) is 0 Å². The maximum absolute atomic E-state index is 12.8. The van der Waals surface area contributed by atoms with E-state index in [9.17, 15) is 19.2 Å².